The third-order valence-electron chi connectivity index (χ3n) is 4.94. The third kappa shape index (κ3) is 6.83. The smallest absolute Gasteiger partial charge is 0.459 e. The van der Waals surface area contributed by atoms with Crippen molar-refractivity contribution in [1.82, 2.24) is 14.6 Å². The first-order chi connectivity index (χ1) is 16.9. The fraction of sp³-hybridized carbons (Fsp3) is 0.476. The summed E-state index contributed by atoms with van der Waals surface area (Å²) in [5, 5.41) is 10.5. The van der Waals surface area contributed by atoms with Gasteiger partial charge in [0.1, 0.15) is 23.3 Å². The molecule has 2 heterocycles. The lowest BCUT2D eigenvalue weighted by Crippen LogP contribution is -2.37. The molecule has 0 saturated carbocycles. The van der Waals surface area contributed by atoms with Gasteiger partial charge in [-0.15, -0.1) is 11.8 Å². The van der Waals surface area contributed by atoms with Crippen LogP contribution in [-0.4, -0.2) is 56.9 Å². The number of nitrogens with one attached hydrogen (secondary N) is 1. The largest absolute Gasteiger partial charge is 0.462 e. The van der Waals surface area contributed by atoms with E-state index in [9.17, 15) is 28.0 Å². The molecule has 2 aromatic rings. The maximum Gasteiger partial charge on any atom is 0.459 e. The van der Waals surface area contributed by atoms with E-state index in [1.165, 1.54) is 19.1 Å². The minimum atomic E-state index is -4.26. The molecule has 198 valence electrons. The molecule has 4 N–H and O–H groups in total. The summed E-state index contributed by atoms with van der Waals surface area (Å²) in [6.45, 7) is 4.19. The summed E-state index contributed by atoms with van der Waals surface area (Å²) in [6.07, 6.45) is -3.39. The van der Waals surface area contributed by atoms with Gasteiger partial charge < -0.3 is 20.1 Å². The van der Waals surface area contributed by atoms with Crippen molar-refractivity contribution in [2.45, 2.75) is 55.8 Å². The van der Waals surface area contributed by atoms with Crippen molar-refractivity contribution in [2.75, 3.05) is 12.3 Å². The second-order valence-electron chi connectivity index (χ2n) is 8.20. The number of hydrogen-bond acceptors (Lipinski definition) is 10. The number of aliphatic hydroxyl groups excluding tert-OH is 1. The molecule has 1 aromatic carbocycles. The normalized spacial score (nSPS) is 24.3. The second kappa shape index (κ2) is 11.7. The molecule has 1 saturated heterocycles. The molecule has 1 aliphatic heterocycles. The van der Waals surface area contributed by atoms with Gasteiger partial charge in [-0.05, 0) is 32.9 Å². The van der Waals surface area contributed by atoms with Gasteiger partial charge in [0.05, 0.1) is 18.0 Å². The van der Waals surface area contributed by atoms with Crippen LogP contribution in [-0.2, 0) is 18.6 Å². The lowest BCUT2D eigenvalue weighted by molar-refractivity contribution is -0.149. The average Bonchev–Trinajstić information content (AvgIpc) is 3.08. The number of aromatic nitrogens is 2. The van der Waals surface area contributed by atoms with Crippen molar-refractivity contribution < 1.29 is 37.0 Å². The number of ether oxygens (including phenoxy) is 1. The molecule has 15 heteroatoms. The number of hydrogen-bond donors (Lipinski definition) is 3. The predicted molar refractivity (Wildman–Crippen MR) is 129 cm³/mol. The Balaban J connectivity index is 1.77. The molecule has 0 unspecified atom stereocenters. The summed E-state index contributed by atoms with van der Waals surface area (Å²) in [7, 11) is -4.26. The molecule has 1 aromatic heterocycles. The number of carbonyl (C=O) groups is 1. The number of aliphatic hydroxyl groups is 1. The van der Waals surface area contributed by atoms with Gasteiger partial charge in [0.25, 0.3) is 0 Å². The molecular formula is C21H27F2N4O7PS. The van der Waals surface area contributed by atoms with Gasteiger partial charge in [-0.1, -0.05) is 18.2 Å². The fourth-order valence-electron chi connectivity index (χ4n) is 3.21. The summed E-state index contributed by atoms with van der Waals surface area (Å²) in [5.41, 5.74) is 4.27. The van der Waals surface area contributed by atoms with E-state index < -0.39 is 72.7 Å². The van der Waals surface area contributed by atoms with Gasteiger partial charge in [-0.25, -0.2) is 18.1 Å². The number of para-hydroxylation sites is 1. The van der Waals surface area contributed by atoms with Gasteiger partial charge in [-0.2, -0.15) is 10.1 Å². The number of benzene rings is 1. The van der Waals surface area contributed by atoms with Crippen LogP contribution < -0.4 is 21.0 Å². The summed E-state index contributed by atoms with van der Waals surface area (Å²) in [5.74, 6) is -2.20. The predicted octanol–water partition coefficient (Wildman–Crippen LogP) is 2.41. The second-order valence-corrected chi connectivity index (χ2v) is 11.3. The zero-order valence-electron chi connectivity index (χ0n) is 19.6. The van der Waals surface area contributed by atoms with E-state index in [-0.39, 0.29) is 5.75 Å². The lowest BCUT2D eigenvalue weighted by Gasteiger charge is -2.25. The van der Waals surface area contributed by atoms with Gasteiger partial charge in [-0.3, -0.25) is 13.9 Å². The van der Waals surface area contributed by atoms with E-state index in [2.05, 4.69) is 10.1 Å². The third-order valence-corrected chi connectivity index (χ3v) is 8.11. The van der Waals surface area contributed by atoms with Crippen molar-refractivity contribution in [1.29, 1.82) is 0 Å². The van der Waals surface area contributed by atoms with E-state index >= 15 is 0 Å². The molecule has 0 bridgehead atoms. The fourth-order valence-corrected chi connectivity index (χ4v) is 6.24. The monoisotopic (exact) mass is 548 g/mol. The first kappa shape index (κ1) is 28.1. The van der Waals surface area contributed by atoms with Crippen LogP contribution in [0.15, 0.2) is 41.3 Å². The molecule has 1 aliphatic rings. The number of anilines is 1. The zero-order chi connectivity index (χ0) is 26.6. The Hall–Kier alpha value is -2.51. The van der Waals surface area contributed by atoms with E-state index in [0.717, 1.165) is 11.8 Å². The van der Waals surface area contributed by atoms with Crippen molar-refractivity contribution in [3.63, 3.8) is 0 Å². The number of alkyl halides is 1. The van der Waals surface area contributed by atoms with E-state index in [1.807, 2.05) is 0 Å². The molecule has 36 heavy (non-hydrogen) atoms. The van der Waals surface area contributed by atoms with Crippen LogP contribution >= 0.6 is 19.5 Å². The molecule has 0 amide bonds. The van der Waals surface area contributed by atoms with Crippen LogP contribution in [0.3, 0.4) is 0 Å². The molecular weight excluding hydrogens is 521 g/mol. The summed E-state index contributed by atoms with van der Waals surface area (Å²) >= 11 is 0.759. The van der Waals surface area contributed by atoms with Crippen LogP contribution in [0, 0.1) is 5.82 Å². The van der Waals surface area contributed by atoms with Gasteiger partial charge in [0, 0.05) is 6.20 Å². The van der Waals surface area contributed by atoms with Crippen LogP contribution in [0.2, 0.25) is 0 Å². The van der Waals surface area contributed by atoms with E-state index in [4.69, 9.17) is 19.5 Å². The summed E-state index contributed by atoms with van der Waals surface area (Å²) in [4.78, 5) is 27.7. The topological polar surface area (TPSA) is 155 Å². The van der Waals surface area contributed by atoms with Crippen molar-refractivity contribution in [3.8, 4) is 5.75 Å². The van der Waals surface area contributed by atoms with Crippen LogP contribution in [0.1, 0.15) is 26.1 Å². The minimum absolute atomic E-state index is 0.161. The highest BCUT2D eigenvalue weighted by molar-refractivity contribution is 8.00. The molecule has 0 spiro atoms. The molecule has 3 rings (SSSR count). The Morgan fingerprint density at radius 3 is 2.64 bits per heavy atom. The van der Waals surface area contributed by atoms with Crippen molar-refractivity contribution in [3.05, 3.63) is 52.8 Å². The number of halogens is 2. The quantitative estimate of drug-likeness (QED) is 0.296. The molecule has 0 radical (unpaired) electrons. The Morgan fingerprint density at radius 2 is 2.00 bits per heavy atom. The highest BCUT2D eigenvalue weighted by Crippen LogP contribution is 2.49. The van der Waals surface area contributed by atoms with Crippen molar-refractivity contribution >= 4 is 31.3 Å². The maximum atomic E-state index is 14.9. The highest BCUT2D eigenvalue weighted by atomic mass is 32.2. The summed E-state index contributed by atoms with van der Waals surface area (Å²) < 4.78 is 59.1. The minimum Gasteiger partial charge on any atom is -0.462 e. The molecule has 1 fully saturated rings. The SMILES string of the molecule is CC(C)OC(=O)[C@H](C)N[P@](=O)(OC[C@H]1S[C@@H](n2cc(F)c(N)nc2=O)[C@@H](F)[C@@H]1O)Oc1ccccc1. The number of nitrogens with two attached hydrogens (primary N) is 1. The highest BCUT2D eigenvalue weighted by Gasteiger charge is 2.47. The van der Waals surface area contributed by atoms with Gasteiger partial charge in [0.2, 0.25) is 0 Å². The number of rotatable bonds is 10. The van der Waals surface area contributed by atoms with Crippen LogP contribution in [0.4, 0.5) is 14.6 Å². The number of thioether (sulfide) groups is 1. The lowest BCUT2D eigenvalue weighted by atomic mass is 10.1. The summed E-state index contributed by atoms with van der Waals surface area (Å²) in [6, 6.07) is 6.88. The van der Waals surface area contributed by atoms with Crippen LogP contribution in [0.25, 0.3) is 0 Å². The number of esters is 1. The maximum absolute atomic E-state index is 14.9. The van der Waals surface area contributed by atoms with Gasteiger partial charge >= 0.3 is 19.4 Å². The first-order valence-corrected chi connectivity index (χ1v) is 13.4. The number of carbonyl (C=O) groups excluding carboxylic acids is 1. The molecule has 0 aliphatic carbocycles. The Bertz CT molecular complexity index is 1170. The first-order valence-electron chi connectivity index (χ1n) is 10.9. The Kier molecular flexibility index (Phi) is 9.12. The molecule has 11 nitrogen and oxygen atoms in total. The zero-order valence-corrected chi connectivity index (χ0v) is 21.3. The van der Waals surface area contributed by atoms with E-state index in [0.29, 0.717) is 10.8 Å². The standard InChI is InChI=1S/C21H27F2N4O7PS/c1-11(2)33-20(29)12(3)26-35(31,34-13-7-5-4-6-8-13)32-10-15-17(28)16(23)19(36-15)27-9-14(22)18(24)25-21(27)30/h4-9,11-12,15-17,19,28H,10H2,1-3H3,(H,26,31)(H2,24,25,30)/t12-,15+,16-,17+,19+,35-/m0/s1. The van der Waals surface area contributed by atoms with Crippen molar-refractivity contribution in [2.24, 2.45) is 0 Å². The average molecular weight is 549 g/mol. The Labute approximate surface area is 209 Å². The number of nitrogen functional groups attached to an aromatic ring is 1. The Morgan fingerprint density at radius 1 is 1.33 bits per heavy atom. The molecule has 6 atom stereocenters. The number of nitrogens with zero attached hydrogens (tertiary/aromatic N) is 2. The van der Waals surface area contributed by atoms with Gasteiger partial charge in [0.15, 0.2) is 17.8 Å². The van der Waals surface area contributed by atoms with Crippen LogP contribution in [0.5, 0.6) is 5.75 Å². The van der Waals surface area contributed by atoms with E-state index in [1.54, 1.807) is 32.0 Å².